The SMILES string of the molecule is CCOC(=O)/C=C/C(=O)O[C@@H](C)C(=O)Nc1cccc(S(=O)(=O)N(C)C)c1. The molecule has 1 aromatic rings. The normalized spacial score (nSPS) is 12.6. The van der Waals surface area contributed by atoms with Crippen LogP contribution in [0.3, 0.4) is 0 Å². The largest absolute Gasteiger partial charge is 0.463 e. The summed E-state index contributed by atoms with van der Waals surface area (Å²) in [5.74, 6) is -2.26. The zero-order valence-corrected chi connectivity index (χ0v) is 16.3. The van der Waals surface area contributed by atoms with Gasteiger partial charge in [-0.3, -0.25) is 4.79 Å². The minimum atomic E-state index is -3.65. The summed E-state index contributed by atoms with van der Waals surface area (Å²) in [6.07, 6.45) is 0.580. The molecule has 1 amide bonds. The highest BCUT2D eigenvalue weighted by atomic mass is 32.2. The van der Waals surface area contributed by atoms with E-state index in [4.69, 9.17) is 4.74 Å². The molecule has 0 aromatic heterocycles. The number of benzene rings is 1. The minimum Gasteiger partial charge on any atom is -0.463 e. The standard InChI is InChI=1S/C17H22N2O7S/c1-5-25-15(20)9-10-16(21)26-12(2)17(22)18-13-7-6-8-14(11-13)27(23,24)19(3)4/h6-12H,5H2,1-4H3,(H,18,22)/b10-9+/t12-/m0/s1. The number of nitrogens with one attached hydrogen (secondary N) is 1. The Labute approximate surface area is 158 Å². The first kappa shape index (κ1) is 22.3. The van der Waals surface area contributed by atoms with E-state index < -0.39 is 34.0 Å². The summed E-state index contributed by atoms with van der Waals surface area (Å²) in [6.45, 7) is 3.13. The fourth-order valence-electron chi connectivity index (χ4n) is 1.78. The smallest absolute Gasteiger partial charge is 0.331 e. The molecule has 0 heterocycles. The highest BCUT2D eigenvalue weighted by Gasteiger charge is 2.20. The molecule has 1 N–H and O–H groups in total. The van der Waals surface area contributed by atoms with Gasteiger partial charge in [0.15, 0.2) is 6.10 Å². The summed E-state index contributed by atoms with van der Waals surface area (Å²) in [5.41, 5.74) is 0.230. The van der Waals surface area contributed by atoms with Gasteiger partial charge in [0.25, 0.3) is 5.91 Å². The van der Waals surface area contributed by atoms with Gasteiger partial charge in [-0.2, -0.15) is 0 Å². The average Bonchev–Trinajstić information content (AvgIpc) is 2.60. The zero-order chi connectivity index (χ0) is 20.6. The van der Waals surface area contributed by atoms with Gasteiger partial charge in [-0.25, -0.2) is 22.3 Å². The predicted octanol–water partition coefficient (Wildman–Crippen LogP) is 0.926. The maximum Gasteiger partial charge on any atom is 0.331 e. The van der Waals surface area contributed by atoms with Crippen molar-refractivity contribution in [3.8, 4) is 0 Å². The maximum atomic E-state index is 12.1. The average molecular weight is 398 g/mol. The summed E-state index contributed by atoms with van der Waals surface area (Å²) >= 11 is 0. The molecule has 1 rings (SSSR count). The van der Waals surface area contributed by atoms with Crippen LogP contribution in [0.25, 0.3) is 0 Å². The van der Waals surface area contributed by atoms with Crippen LogP contribution in [0.5, 0.6) is 0 Å². The van der Waals surface area contributed by atoms with E-state index >= 15 is 0 Å². The molecule has 1 aromatic carbocycles. The van der Waals surface area contributed by atoms with Crippen molar-refractivity contribution in [2.45, 2.75) is 24.8 Å². The molecular formula is C17H22N2O7S. The monoisotopic (exact) mass is 398 g/mol. The fraction of sp³-hybridized carbons (Fsp3) is 0.353. The molecule has 0 fully saturated rings. The molecule has 0 bridgehead atoms. The predicted molar refractivity (Wildman–Crippen MR) is 97.3 cm³/mol. The van der Waals surface area contributed by atoms with E-state index in [-0.39, 0.29) is 17.2 Å². The summed E-state index contributed by atoms with van der Waals surface area (Å²) < 4.78 is 34.8. The first-order valence-electron chi connectivity index (χ1n) is 7.96. The number of hydrogen-bond donors (Lipinski definition) is 1. The number of esters is 2. The Morgan fingerprint density at radius 1 is 1.19 bits per heavy atom. The number of hydrogen-bond acceptors (Lipinski definition) is 7. The summed E-state index contributed by atoms with van der Waals surface area (Å²) in [6, 6.07) is 5.67. The van der Waals surface area contributed by atoms with E-state index in [1.165, 1.54) is 45.3 Å². The van der Waals surface area contributed by atoms with Gasteiger partial charge < -0.3 is 14.8 Å². The summed E-state index contributed by atoms with van der Waals surface area (Å²) in [5, 5.41) is 2.47. The van der Waals surface area contributed by atoms with Crippen LogP contribution in [-0.2, 0) is 33.9 Å². The van der Waals surface area contributed by atoms with Crippen molar-refractivity contribution >= 4 is 33.6 Å². The molecule has 0 saturated heterocycles. The first-order chi connectivity index (χ1) is 12.6. The first-order valence-corrected chi connectivity index (χ1v) is 9.40. The Kier molecular flexibility index (Phi) is 8.13. The Hall–Kier alpha value is -2.72. The second kappa shape index (κ2) is 9.83. The van der Waals surface area contributed by atoms with Crippen LogP contribution in [0.2, 0.25) is 0 Å². The third-order valence-corrected chi connectivity index (χ3v) is 5.00. The number of ether oxygens (including phenoxy) is 2. The summed E-state index contributed by atoms with van der Waals surface area (Å²) in [4.78, 5) is 34.8. The molecule has 0 unspecified atom stereocenters. The van der Waals surface area contributed by atoms with E-state index in [2.05, 4.69) is 10.1 Å². The fourth-order valence-corrected chi connectivity index (χ4v) is 2.73. The molecule has 10 heteroatoms. The van der Waals surface area contributed by atoms with E-state index in [0.717, 1.165) is 16.5 Å². The lowest BCUT2D eigenvalue weighted by Crippen LogP contribution is -2.29. The molecular weight excluding hydrogens is 376 g/mol. The highest BCUT2D eigenvalue weighted by Crippen LogP contribution is 2.18. The van der Waals surface area contributed by atoms with Crippen LogP contribution in [0.15, 0.2) is 41.3 Å². The third kappa shape index (κ3) is 6.83. The molecule has 0 saturated carbocycles. The number of rotatable bonds is 8. The van der Waals surface area contributed by atoms with Crippen LogP contribution in [0.1, 0.15) is 13.8 Å². The lowest BCUT2D eigenvalue weighted by Gasteiger charge is -2.14. The van der Waals surface area contributed by atoms with Crippen LogP contribution < -0.4 is 5.32 Å². The van der Waals surface area contributed by atoms with Crippen molar-refractivity contribution in [1.82, 2.24) is 4.31 Å². The molecule has 0 aliphatic heterocycles. The van der Waals surface area contributed by atoms with Crippen LogP contribution in [0.4, 0.5) is 5.69 Å². The van der Waals surface area contributed by atoms with E-state index in [1.54, 1.807) is 6.92 Å². The van der Waals surface area contributed by atoms with Crippen molar-refractivity contribution in [2.75, 3.05) is 26.0 Å². The van der Waals surface area contributed by atoms with Gasteiger partial charge in [0.1, 0.15) is 0 Å². The van der Waals surface area contributed by atoms with Gasteiger partial charge in [0.05, 0.1) is 11.5 Å². The second-order valence-corrected chi connectivity index (χ2v) is 7.62. The van der Waals surface area contributed by atoms with Gasteiger partial charge in [-0.05, 0) is 32.0 Å². The third-order valence-electron chi connectivity index (χ3n) is 3.18. The van der Waals surface area contributed by atoms with E-state index in [0.29, 0.717) is 0 Å². The number of carbonyl (C=O) groups excluding carboxylic acids is 3. The lowest BCUT2D eigenvalue weighted by atomic mass is 10.3. The molecule has 0 aliphatic rings. The topological polar surface area (TPSA) is 119 Å². The molecule has 0 radical (unpaired) electrons. The molecule has 148 valence electrons. The number of amides is 1. The molecule has 1 atom stereocenters. The van der Waals surface area contributed by atoms with E-state index in [1.807, 2.05) is 0 Å². The van der Waals surface area contributed by atoms with Crippen LogP contribution >= 0.6 is 0 Å². The molecule has 27 heavy (non-hydrogen) atoms. The minimum absolute atomic E-state index is 0.00678. The van der Waals surface area contributed by atoms with Gasteiger partial charge >= 0.3 is 11.9 Å². The molecule has 9 nitrogen and oxygen atoms in total. The lowest BCUT2D eigenvalue weighted by molar-refractivity contribution is -0.148. The Bertz CT molecular complexity index is 831. The van der Waals surface area contributed by atoms with Crippen molar-refractivity contribution in [3.63, 3.8) is 0 Å². The zero-order valence-electron chi connectivity index (χ0n) is 15.5. The quantitative estimate of drug-likeness (QED) is 0.511. The van der Waals surface area contributed by atoms with Crippen molar-refractivity contribution in [2.24, 2.45) is 0 Å². The Balaban J connectivity index is 2.73. The Morgan fingerprint density at radius 2 is 1.81 bits per heavy atom. The van der Waals surface area contributed by atoms with Gasteiger partial charge in [0.2, 0.25) is 10.0 Å². The maximum absolute atomic E-state index is 12.1. The number of carbonyl (C=O) groups is 3. The van der Waals surface area contributed by atoms with E-state index in [9.17, 15) is 22.8 Å². The molecule has 0 spiro atoms. The van der Waals surface area contributed by atoms with Crippen molar-refractivity contribution in [1.29, 1.82) is 0 Å². The molecule has 0 aliphatic carbocycles. The van der Waals surface area contributed by atoms with Crippen LogP contribution in [-0.4, -0.2) is 57.4 Å². The van der Waals surface area contributed by atoms with Crippen molar-refractivity contribution in [3.05, 3.63) is 36.4 Å². The second-order valence-electron chi connectivity index (χ2n) is 5.47. The number of sulfonamides is 1. The van der Waals surface area contributed by atoms with Crippen LogP contribution in [0, 0.1) is 0 Å². The summed E-state index contributed by atoms with van der Waals surface area (Å²) in [7, 11) is -0.861. The van der Waals surface area contributed by atoms with Gasteiger partial charge in [-0.1, -0.05) is 6.07 Å². The number of nitrogens with zero attached hydrogens (tertiary/aromatic N) is 1. The van der Waals surface area contributed by atoms with Gasteiger partial charge in [0, 0.05) is 31.9 Å². The Morgan fingerprint density at radius 3 is 2.41 bits per heavy atom. The van der Waals surface area contributed by atoms with Crippen molar-refractivity contribution < 1.29 is 32.3 Å². The highest BCUT2D eigenvalue weighted by molar-refractivity contribution is 7.89. The number of anilines is 1. The van der Waals surface area contributed by atoms with Gasteiger partial charge in [-0.15, -0.1) is 0 Å².